The summed E-state index contributed by atoms with van der Waals surface area (Å²) in [4.78, 5) is 49.2. The highest BCUT2D eigenvalue weighted by molar-refractivity contribution is 6.31. The van der Waals surface area contributed by atoms with Crippen molar-refractivity contribution in [1.82, 2.24) is 16.0 Å². The molecule has 11 heteroatoms. The molecule has 38 heavy (non-hydrogen) atoms. The van der Waals surface area contributed by atoms with E-state index in [9.17, 15) is 24.3 Å². The average Bonchev–Trinajstić information content (AvgIpc) is 2.89. The zero-order valence-corrected chi connectivity index (χ0v) is 22.3. The van der Waals surface area contributed by atoms with Crippen LogP contribution in [0, 0.1) is 5.92 Å². The van der Waals surface area contributed by atoms with E-state index in [4.69, 9.17) is 22.1 Å². The van der Waals surface area contributed by atoms with Crippen molar-refractivity contribution >= 4 is 35.3 Å². The number of halogens is 1. The van der Waals surface area contributed by atoms with Crippen LogP contribution in [0.2, 0.25) is 5.02 Å². The summed E-state index contributed by atoms with van der Waals surface area (Å²) in [5, 5.41) is 18.1. The zero-order chi connectivity index (χ0) is 28.1. The Morgan fingerprint density at radius 3 is 2.42 bits per heavy atom. The fourth-order valence-electron chi connectivity index (χ4n) is 3.60. The number of carbonyl (C=O) groups excluding carboxylic acids is 3. The predicted molar refractivity (Wildman–Crippen MR) is 144 cm³/mol. The third-order valence-corrected chi connectivity index (χ3v) is 6.21. The summed E-state index contributed by atoms with van der Waals surface area (Å²) in [6.45, 7) is 4.92. The lowest BCUT2D eigenvalue weighted by Gasteiger charge is -2.24. The third-order valence-electron chi connectivity index (χ3n) is 5.97. The van der Waals surface area contributed by atoms with E-state index >= 15 is 0 Å². The van der Waals surface area contributed by atoms with Crippen molar-refractivity contribution in [3.8, 4) is 5.75 Å². The molecule has 0 spiro atoms. The molecular weight excluding hydrogens is 512 g/mol. The Balaban J connectivity index is 2.09. The Bertz CT molecular complexity index is 1100. The molecule has 0 saturated heterocycles. The van der Waals surface area contributed by atoms with Gasteiger partial charge in [-0.3, -0.25) is 14.4 Å². The number of nitrogens with one attached hydrogen (secondary N) is 3. The fraction of sp³-hybridized carbons (Fsp3) is 0.407. The number of hydrogen-bond donors (Lipinski definition) is 5. The number of benzene rings is 2. The van der Waals surface area contributed by atoms with Crippen molar-refractivity contribution in [3.05, 3.63) is 64.7 Å². The monoisotopic (exact) mass is 546 g/mol. The topological polar surface area (TPSA) is 160 Å². The maximum absolute atomic E-state index is 13.2. The Morgan fingerprint density at radius 1 is 1.08 bits per heavy atom. The number of hydrogen-bond acceptors (Lipinski definition) is 6. The lowest BCUT2D eigenvalue weighted by Crippen LogP contribution is -2.53. The number of rotatable bonds is 16. The van der Waals surface area contributed by atoms with Gasteiger partial charge in [0.15, 0.2) is 0 Å². The summed E-state index contributed by atoms with van der Waals surface area (Å²) >= 11 is 6.12. The van der Waals surface area contributed by atoms with Gasteiger partial charge in [-0.25, -0.2) is 4.79 Å². The molecule has 2 aromatic carbocycles. The molecule has 0 aromatic heterocycles. The Labute approximate surface area is 227 Å². The molecule has 3 atom stereocenters. The van der Waals surface area contributed by atoms with E-state index in [1.807, 2.05) is 30.3 Å². The minimum Gasteiger partial charge on any atom is -0.491 e. The van der Waals surface area contributed by atoms with Crippen molar-refractivity contribution in [2.75, 3.05) is 13.2 Å². The first-order valence-electron chi connectivity index (χ1n) is 12.4. The number of carboxylic acid groups (broad SMARTS) is 1. The van der Waals surface area contributed by atoms with Crippen LogP contribution < -0.4 is 26.4 Å². The molecule has 0 aliphatic heterocycles. The van der Waals surface area contributed by atoms with Crippen LogP contribution >= 0.6 is 11.6 Å². The van der Waals surface area contributed by atoms with Gasteiger partial charge in [0.2, 0.25) is 11.8 Å². The highest BCUT2D eigenvalue weighted by Crippen LogP contribution is 2.23. The Morgan fingerprint density at radius 2 is 1.79 bits per heavy atom. The van der Waals surface area contributed by atoms with Crippen molar-refractivity contribution in [2.45, 2.75) is 51.7 Å². The molecule has 0 fully saturated rings. The van der Waals surface area contributed by atoms with Gasteiger partial charge in [-0.05, 0) is 36.1 Å². The van der Waals surface area contributed by atoms with E-state index in [1.54, 1.807) is 26.0 Å². The zero-order valence-electron chi connectivity index (χ0n) is 21.5. The van der Waals surface area contributed by atoms with E-state index in [2.05, 4.69) is 16.0 Å². The normalized spacial score (nSPS) is 13.1. The number of carbonyl (C=O) groups is 4. The van der Waals surface area contributed by atoms with Crippen LogP contribution in [0.3, 0.4) is 0 Å². The van der Waals surface area contributed by atoms with Gasteiger partial charge in [-0.15, -0.1) is 0 Å². The molecule has 0 saturated carbocycles. The summed E-state index contributed by atoms with van der Waals surface area (Å²) in [7, 11) is 0. The molecule has 10 nitrogen and oxygen atoms in total. The van der Waals surface area contributed by atoms with Gasteiger partial charge in [-0.2, -0.15) is 0 Å². The van der Waals surface area contributed by atoms with E-state index in [0.29, 0.717) is 19.5 Å². The van der Waals surface area contributed by atoms with Gasteiger partial charge in [0.05, 0.1) is 5.56 Å². The van der Waals surface area contributed by atoms with Gasteiger partial charge in [0.25, 0.3) is 5.91 Å². The second-order valence-corrected chi connectivity index (χ2v) is 9.33. The molecule has 6 N–H and O–H groups in total. The third kappa shape index (κ3) is 10.0. The van der Waals surface area contributed by atoms with Crippen molar-refractivity contribution in [3.63, 3.8) is 0 Å². The first kappa shape index (κ1) is 30.6. The SMILES string of the molecule is CC[C@H](C)[C@H](NC(=O)[C@H](CCC(N)=O)NC(=O)c1cc(Cl)ccc1OCCNCc1ccccc1)C(=O)O. The second-order valence-electron chi connectivity index (χ2n) is 8.89. The van der Waals surface area contributed by atoms with Crippen molar-refractivity contribution < 1.29 is 29.0 Å². The van der Waals surface area contributed by atoms with Crippen LogP contribution in [-0.2, 0) is 20.9 Å². The predicted octanol–water partition coefficient (Wildman–Crippen LogP) is 2.49. The lowest BCUT2D eigenvalue weighted by atomic mass is 9.98. The molecule has 0 unspecified atom stereocenters. The summed E-state index contributed by atoms with van der Waals surface area (Å²) in [5.41, 5.74) is 6.46. The second kappa shape index (κ2) is 15.6. The minimum absolute atomic E-state index is 0.0918. The van der Waals surface area contributed by atoms with Crippen molar-refractivity contribution in [2.24, 2.45) is 11.7 Å². The summed E-state index contributed by atoms with van der Waals surface area (Å²) in [6.07, 6.45) is 0.213. The first-order valence-corrected chi connectivity index (χ1v) is 12.8. The van der Waals surface area contributed by atoms with Crippen LogP contribution in [0.15, 0.2) is 48.5 Å². The maximum atomic E-state index is 13.2. The van der Waals surface area contributed by atoms with Crippen molar-refractivity contribution in [1.29, 1.82) is 0 Å². The van der Waals surface area contributed by atoms with E-state index in [0.717, 1.165) is 5.56 Å². The highest BCUT2D eigenvalue weighted by atomic mass is 35.5. The molecule has 0 aliphatic carbocycles. The largest absolute Gasteiger partial charge is 0.491 e. The molecule has 3 amide bonds. The number of nitrogens with two attached hydrogens (primary N) is 1. The quantitative estimate of drug-likeness (QED) is 0.202. The molecule has 0 radical (unpaired) electrons. The highest BCUT2D eigenvalue weighted by Gasteiger charge is 2.30. The summed E-state index contributed by atoms with van der Waals surface area (Å²) < 4.78 is 5.80. The maximum Gasteiger partial charge on any atom is 0.326 e. The molecule has 2 aromatic rings. The van der Waals surface area contributed by atoms with Gasteiger partial charge < -0.3 is 31.5 Å². The minimum atomic E-state index is -1.21. The Hall–Kier alpha value is -3.63. The number of amides is 3. The van der Waals surface area contributed by atoms with Crippen LogP contribution in [0.4, 0.5) is 0 Å². The number of primary amides is 1. The lowest BCUT2D eigenvalue weighted by molar-refractivity contribution is -0.143. The van der Waals surface area contributed by atoms with Gasteiger partial charge in [-0.1, -0.05) is 62.2 Å². The molecule has 206 valence electrons. The number of aliphatic carboxylic acids is 1. The average molecular weight is 547 g/mol. The van der Waals surface area contributed by atoms with E-state index in [-0.39, 0.29) is 41.7 Å². The summed E-state index contributed by atoms with van der Waals surface area (Å²) in [6, 6.07) is 12.0. The molecular formula is C27H35ClN4O6. The Kier molecular flexibility index (Phi) is 12.5. The molecule has 2 rings (SSSR count). The number of ether oxygens (including phenoxy) is 1. The molecule has 0 heterocycles. The van der Waals surface area contributed by atoms with Gasteiger partial charge in [0.1, 0.15) is 24.4 Å². The standard InChI is InChI=1S/C27H35ClN4O6/c1-3-17(2)24(27(36)37)32-26(35)21(10-12-23(29)33)31-25(34)20-15-19(28)9-11-22(20)38-14-13-30-16-18-7-5-4-6-8-18/h4-9,11,15,17,21,24,30H,3,10,12-14,16H2,1-2H3,(H2,29,33)(H,31,34)(H,32,35)(H,36,37)/t17-,21-,24-/m0/s1. The number of carboxylic acids is 1. The first-order chi connectivity index (χ1) is 18.1. The smallest absolute Gasteiger partial charge is 0.326 e. The summed E-state index contributed by atoms with van der Waals surface area (Å²) in [5.74, 6) is -3.36. The van der Waals surface area contributed by atoms with Crippen LogP contribution in [-0.4, -0.2) is 54.0 Å². The van der Waals surface area contributed by atoms with Crippen LogP contribution in [0.5, 0.6) is 5.75 Å². The van der Waals surface area contributed by atoms with Crippen LogP contribution in [0.25, 0.3) is 0 Å². The van der Waals surface area contributed by atoms with Gasteiger partial charge >= 0.3 is 5.97 Å². The van der Waals surface area contributed by atoms with E-state index in [1.165, 1.54) is 6.07 Å². The molecule has 0 aliphatic rings. The van der Waals surface area contributed by atoms with Crippen LogP contribution in [0.1, 0.15) is 49.0 Å². The van der Waals surface area contributed by atoms with Gasteiger partial charge in [0, 0.05) is 24.5 Å². The molecule has 0 bridgehead atoms. The van der Waals surface area contributed by atoms with E-state index < -0.39 is 35.8 Å². The fourth-order valence-corrected chi connectivity index (χ4v) is 3.77.